The summed E-state index contributed by atoms with van der Waals surface area (Å²) in [5.41, 5.74) is 1.65. The third-order valence-corrected chi connectivity index (χ3v) is 2.66. The molecule has 0 saturated heterocycles. The number of fused-ring (bicyclic) bond motifs is 1. The average Bonchev–Trinajstić information content (AvgIpc) is 2.48. The van der Waals surface area contributed by atoms with Crippen LogP contribution in [0.2, 0.25) is 0 Å². The maximum absolute atomic E-state index is 9.61. The molecule has 1 N–H and O–H groups in total. The molecule has 2 rings (SSSR count). The van der Waals surface area contributed by atoms with Gasteiger partial charge in [0.15, 0.2) is 5.58 Å². The maximum Gasteiger partial charge on any atom is 0.150 e. The number of halogens is 1. The molecule has 1 heterocycles. The van der Waals surface area contributed by atoms with E-state index in [4.69, 9.17) is 4.42 Å². The van der Waals surface area contributed by atoms with E-state index in [9.17, 15) is 5.11 Å². The van der Waals surface area contributed by atoms with E-state index in [1.807, 2.05) is 13.0 Å². The molecule has 0 radical (unpaired) electrons. The van der Waals surface area contributed by atoms with E-state index in [0.29, 0.717) is 5.75 Å². The molecule has 0 fully saturated rings. The molecule has 0 atom stereocenters. The lowest BCUT2D eigenvalue weighted by Gasteiger charge is -2.00. The lowest BCUT2D eigenvalue weighted by molar-refractivity contribution is 0.477. The molecular formula is C9H7IO2. The van der Waals surface area contributed by atoms with E-state index < -0.39 is 0 Å². The van der Waals surface area contributed by atoms with Crippen molar-refractivity contribution in [2.24, 2.45) is 0 Å². The summed E-state index contributed by atoms with van der Waals surface area (Å²) in [4.78, 5) is 0. The van der Waals surface area contributed by atoms with Gasteiger partial charge in [-0.15, -0.1) is 0 Å². The molecular weight excluding hydrogens is 267 g/mol. The molecule has 2 aromatic rings. The minimum atomic E-state index is 0.319. The zero-order chi connectivity index (χ0) is 8.72. The zero-order valence-corrected chi connectivity index (χ0v) is 8.62. The van der Waals surface area contributed by atoms with Crippen molar-refractivity contribution < 1.29 is 9.52 Å². The Balaban J connectivity index is 2.97. The number of phenols is 1. The lowest BCUT2D eigenvalue weighted by Crippen LogP contribution is -1.79. The number of aromatic hydroxyl groups is 1. The Hall–Kier alpha value is -0.710. The summed E-state index contributed by atoms with van der Waals surface area (Å²) < 4.78 is 6.25. The highest BCUT2D eigenvalue weighted by Gasteiger charge is 2.08. The Kier molecular flexibility index (Phi) is 1.75. The number of benzene rings is 1. The normalized spacial score (nSPS) is 10.8. The number of rotatable bonds is 0. The van der Waals surface area contributed by atoms with Crippen LogP contribution >= 0.6 is 22.6 Å². The highest BCUT2D eigenvalue weighted by Crippen LogP contribution is 2.32. The van der Waals surface area contributed by atoms with Gasteiger partial charge in [-0.3, -0.25) is 0 Å². The van der Waals surface area contributed by atoms with Crippen molar-refractivity contribution in [1.82, 2.24) is 0 Å². The second kappa shape index (κ2) is 2.65. The van der Waals surface area contributed by atoms with Crippen LogP contribution in [0.5, 0.6) is 5.75 Å². The van der Waals surface area contributed by atoms with Gasteiger partial charge in [0.25, 0.3) is 0 Å². The second-order valence-corrected chi connectivity index (χ2v) is 3.85. The molecule has 62 valence electrons. The first-order valence-corrected chi connectivity index (χ1v) is 4.63. The van der Waals surface area contributed by atoms with Crippen molar-refractivity contribution in [1.29, 1.82) is 0 Å². The van der Waals surface area contributed by atoms with Crippen molar-refractivity contribution in [3.63, 3.8) is 0 Å². The van der Waals surface area contributed by atoms with Crippen LogP contribution in [0, 0.1) is 10.5 Å². The number of phenolic OH excluding ortho intramolecular Hbond substituents is 1. The van der Waals surface area contributed by atoms with E-state index in [-0.39, 0.29) is 0 Å². The fourth-order valence-electron chi connectivity index (χ4n) is 1.22. The van der Waals surface area contributed by atoms with Crippen LogP contribution in [0.3, 0.4) is 0 Å². The summed E-state index contributed by atoms with van der Waals surface area (Å²) in [7, 11) is 0. The first-order valence-electron chi connectivity index (χ1n) is 3.55. The smallest absolute Gasteiger partial charge is 0.150 e. The lowest BCUT2D eigenvalue weighted by atomic mass is 10.1. The van der Waals surface area contributed by atoms with Gasteiger partial charge in [-0.05, 0) is 47.2 Å². The third-order valence-electron chi connectivity index (χ3n) is 1.85. The Morgan fingerprint density at radius 1 is 1.50 bits per heavy atom. The quantitative estimate of drug-likeness (QED) is 0.749. The first-order chi connectivity index (χ1) is 5.70. The fraction of sp³-hybridized carbons (Fsp3) is 0.111. The van der Waals surface area contributed by atoms with Gasteiger partial charge in [0.2, 0.25) is 0 Å². The largest absolute Gasteiger partial charge is 0.507 e. The Morgan fingerprint density at radius 3 is 3.00 bits per heavy atom. The van der Waals surface area contributed by atoms with Gasteiger partial charge in [-0.2, -0.15) is 0 Å². The molecule has 0 aliphatic heterocycles. The molecule has 0 aliphatic rings. The first kappa shape index (κ1) is 7.91. The van der Waals surface area contributed by atoms with E-state index in [1.54, 1.807) is 12.3 Å². The van der Waals surface area contributed by atoms with Gasteiger partial charge in [-0.25, -0.2) is 0 Å². The highest BCUT2D eigenvalue weighted by atomic mass is 127. The zero-order valence-electron chi connectivity index (χ0n) is 6.47. The SMILES string of the molecule is Cc1cc(I)c2occc2c1O. The van der Waals surface area contributed by atoms with E-state index in [0.717, 1.165) is 20.1 Å². The number of hydrogen-bond acceptors (Lipinski definition) is 2. The summed E-state index contributed by atoms with van der Waals surface area (Å²) in [6.07, 6.45) is 1.59. The van der Waals surface area contributed by atoms with Crippen molar-refractivity contribution in [3.8, 4) is 5.75 Å². The van der Waals surface area contributed by atoms with Gasteiger partial charge in [0.1, 0.15) is 5.75 Å². The van der Waals surface area contributed by atoms with Crippen LogP contribution in [0.4, 0.5) is 0 Å². The standard InChI is InChI=1S/C9H7IO2/c1-5-4-7(10)9-6(8(5)11)2-3-12-9/h2-4,11H,1H3. The van der Waals surface area contributed by atoms with Crippen LogP contribution in [0.1, 0.15) is 5.56 Å². The molecule has 1 aromatic heterocycles. The van der Waals surface area contributed by atoms with E-state index in [2.05, 4.69) is 22.6 Å². The minimum absolute atomic E-state index is 0.319. The van der Waals surface area contributed by atoms with Crippen molar-refractivity contribution in [2.75, 3.05) is 0 Å². The highest BCUT2D eigenvalue weighted by molar-refractivity contribution is 14.1. The summed E-state index contributed by atoms with van der Waals surface area (Å²) >= 11 is 2.19. The Morgan fingerprint density at radius 2 is 2.25 bits per heavy atom. The van der Waals surface area contributed by atoms with Crippen LogP contribution in [0.15, 0.2) is 22.8 Å². The molecule has 0 spiro atoms. The Labute approximate surface area is 83.3 Å². The van der Waals surface area contributed by atoms with Crippen LogP contribution in [0.25, 0.3) is 11.0 Å². The molecule has 1 aromatic carbocycles. The van der Waals surface area contributed by atoms with E-state index >= 15 is 0 Å². The summed E-state index contributed by atoms with van der Waals surface area (Å²) in [6, 6.07) is 3.68. The molecule has 0 unspecified atom stereocenters. The fourth-order valence-corrected chi connectivity index (χ4v) is 2.10. The van der Waals surface area contributed by atoms with Crippen molar-refractivity contribution >= 4 is 33.6 Å². The second-order valence-electron chi connectivity index (χ2n) is 2.69. The molecule has 2 nitrogen and oxygen atoms in total. The van der Waals surface area contributed by atoms with Crippen molar-refractivity contribution in [3.05, 3.63) is 27.5 Å². The van der Waals surface area contributed by atoms with Gasteiger partial charge in [0.05, 0.1) is 15.2 Å². The average molecular weight is 274 g/mol. The molecule has 3 heteroatoms. The molecule has 0 saturated carbocycles. The van der Waals surface area contributed by atoms with Crippen LogP contribution in [-0.2, 0) is 0 Å². The minimum Gasteiger partial charge on any atom is -0.507 e. The van der Waals surface area contributed by atoms with Gasteiger partial charge >= 0.3 is 0 Å². The molecule has 0 amide bonds. The van der Waals surface area contributed by atoms with Gasteiger partial charge < -0.3 is 9.52 Å². The van der Waals surface area contributed by atoms with Crippen LogP contribution in [-0.4, -0.2) is 5.11 Å². The number of furan rings is 1. The monoisotopic (exact) mass is 274 g/mol. The molecule has 0 bridgehead atoms. The van der Waals surface area contributed by atoms with Crippen molar-refractivity contribution in [2.45, 2.75) is 6.92 Å². The topological polar surface area (TPSA) is 33.4 Å². The summed E-state index contributed by atoms with van der Waals surface area (Å²) in [6.45, 7) is 1.88. The van der Waals surface area contributed by atoms with E-state index in [1.165, 1.54) is 0 Å². The third kappa shape index (κ3) is 0.998. The molecule has 0 aliphatic carbocycles. The summed E-state index contributed by atoms with van der Waals surface area (Å²) in [5.74, 6) is 0.319. The summed E-state index contributed by atoms with van der Waals surface area (Å²) in [5, 5.41) is 10.4. The van der Waals surface area contributed by atoms with Gasteiger partial charge in [0, 0.05) is 0 Å². The maximum atomic E-state index is 9.61. The predicted octanol–water partition coefficient (Wildman–Crippen LogP) is 3.05. The number of aryl methyl sites for hydroxylation is 1. The molecule has 12 heavy (non-hydrogen) atoms. The van der Waals surface area contributed by atoms with Gasteiger partial charge in [-0.1, -0.05) is 0 Å². The predicted molar refractivity (Wildman–Crippen MR) is 55.3 cm³/mol. The van der Waals surface area contributed by atoms with Crippen LogP contribution < -0.4 is 0 Å². The Bertz CT molecular complexity index is 431. The number of hydrogen-bond donors (Lipinski definition) is 1.